The second-order valence-corrected chi connectivity index (χ2v) is 10.9. The molecule has 0 bridgehead atoms. The first-order valence-corrected chi connectivity index (χ1v) is 13.3. The highest BCUT2D eigenvalue weighted by Gasteiger charge is 2.47. The summed E-state index contributed by atoms with van der Waals surface area (Å²) in [5.41, 5.74) is 5.64. The molecule has 1 spiro atoms. The highest BCUT2D eigenvalue weighted by molar-refractivity contribution is 6.30. The maximum Gasteiger partial charge on any atom is 0.429 e. The van der Waals surface area contributed by atoms with Crippen LogP contribution in [0.25, 0.3) is 5.69 Å². The number of benzene rings is 1. The van der Waals surface area contributed by atoms with Crippen LogP contribution in [0, 0.1) is 12.3 Å². The van der Waals surface area contributed by atoms with Crippen molar-refractivity contribution in [3.05, 3.63) is 52.8 Å². The number of nitrogens with two attached hydrogens (primary N) is 1. The van der Waals surface area contributed by atoms with E-state index in [1.807, 2.05) is 0 Å². The van der Waals surface area contributed by atoms with E-state index in [2.05, 4.69) is 15.1 Å². The molecule has 2 N–H and O–H groups in total. The lowest BCUT2D eigenvalue weighted by Crippen LogP contribution is -2.51. The Hall–Kier alpha value is -4.27. The number of carbonyl (C=O) groups is 2. The number of nitrogens with zero attached hydrogens (tertiary/aromatic N) is 6. The number of anilines is 2. The summed E-state index contributed by atoms with van der Waals surface area (Å²) >= 11 is 6.10. The fourth-order valence-corrected chi connectivity index (χ4v) is 5.76. The Labute approximate surface area is 242 Å². The summed E-state index contributed by atoms with van der Waals surface area (Å²) < 4.78 is 50.0. The molecule has 12 nitrogen and oxygen atoms in total. The number of amides is 1. The van der Waals surface area contributed by atoms with Crippen molar-refractivity contribution >= 4 is 35.4 Å². The molecule has 0 radical (unpaired) electrons. The van der Waals surface area contributed by atoms with Gasteiger partial charge in [0.15, 0.2) is 0 Å². The molecule has 2 aliphatic rings. The molecule has 42 heavy (non-hydrogen) atoms. The third-order valence-corrected chi connectivity index (χ3v) is 7.88. The fourth-order valence-electron chi connectivity index (χ4n) is 5.60. The summed E-state index contributed by atoms with van der Waals surface area (Å²) in [6, 6.07) is 5.45. The average molecular weight is 608 g/mol. The molecule has 4 heterocycles. The third kappa shape index (κ3) is 5.86. The van der Waals surface area contributed by atoms with Crippen LogP contribution < -0.4 is 25.6 Å². The van der Waals surface area contributed by atoms with E-state index in [-0.39, 0.29) is 41.0 Å². The van der Waals surface area contributed by atoms with Gasteiger partial charge in [0.2, 0.25) is 17.9 Å². The van der Waals surface area contributed by atoms with Gasteiger partial charge < -0.3 is 40.1 Å². The number of alkyl halides is 3. The van der Waals surface area contributed by atoms with Crippen LogP contribution in [-0.2, 0) is 4.79 Å². The Morgan fingerprint density at radius 1 is 1.17 bits per heavy atom. The molecule has 2 atom stereocenters. The van der Waals surface area contributed by atoms with Crippen molar-refractivity contribution in [2.24, 2.45) is 5.41 Å². The minimum absolute atomic E-state index is 0.0193. The van der Waals surface area contributed by atoms with Gasteiger partial charge in [-0.1, -0.05) is 17.7 Å². The van der Waals surface area contributed by atoms with Crippen LogP contribution in [0.5, 0.6) is 5.88 Å². The first kappa shape index (κ1) is 29.2. The van der Waals surface area contributed by atoms with Crippen molar-refractivity contribution in [2.75, 3.05) is 30.3 Å². The number of likely N-dealkylation sites (tertiary alicyclic amines) is 1. The van der Waals surface area contributed by atoms with Gasteiger partial charge in [-0.15, -0.1) is 0 Å². The van der Waals surface area contributed by atoms with E-state index in [1.165, 1.54) is 35.1 Å². The Morgan fingerprint density at radius 3 is 2.45 bits per heavy atom. The van der Waals surface area contributed by atoms with E-state index >= 15 is 0 Å². The number of hydrogen-bond donors (Lipinski definition) is 1. The van der Waals surface area contributed by atoms with Gasteiger partial charge in [-0.3, -0.25) is 0 Å². The van der Waals surface area contributed by atoms with Gasteiger partial charge in [0, 0.05) is 42.5 Å². The van der Waals surface area contributed by atoms with Gasteiger partial charge in [0.05, 0.1) is 23.4 Å². The van der Waals surface area contributed by atoms with Crippen LogP contribution in [0.3, 0.4) is 0 Å². The van der Waals surface area contributed by atoms with E-state index in [0.29, 0.717) is 31.6 Å². The number of carboxylic acid groups (broad SMARTS) is 2. The zero-order valence-electron chi connectivity index (χ0n) is 22.2. The molecule has 2 aromatic heterocycles. The van der Waals surface area contributed by atoms with E-state index in [9.17, 15) is 33.0 Å². The monoisotopic (exact) mass is 607 g/mol. The van der Waals surface area contributed by atoms with Crippen molar-refractivity contribution in [3.8, 4) is 11.6 Å². The minimum Gasteiger partial charge on any atom is -0.548 e. The molecule has 16 heteroatoms. The maximum atomic E-state index is 14.4. The van der Waals surface area contributed by atoms with Gasteiger partial charge in [0.25, 0.3) is 0 Å². The van der Waals surface area contributed by atoms with E-state index in [0.717, 1.165) is 4.90 Å². The molecular weight excluding hydrogens is 583 g/mol. The first-order chi connectivity index (χ1) is 19.7. The molecule has 1 unspecified atom stereocenters. The van der Waals surface area contributed by atoms with Crippen LogP contribution in [0.2, 0.25) is 5.02 Å². The summed E-state index contributed by atoms with van der Waals surface area (Å²) in [6.07, 6.45) is -6.55. The summed E-state index contributed by atoms with van der Waals surface area (Å²) in [4.78, 5) is 33.5. The molecule has 5 rings (SSSR count). The standard InChI is InChI=1S/C26H27ClF3N7O5/c1-14-4-7-37(34-14)17-10-15(27)2-3-16(17)21(26(28,29)30)42-20-11-19(32-23(31)33-20)35-8-5-25(6-9-35)12-18(22(38)39)36(13-25)24(40)41/h2-4,7,10-11,18,21H,5-6,8-9,12-13H2,1H3,(H,38,39)(H,40,41)(H2,31,32,33)/p-2/t18?,21-/m1/s1. The second kappa shape index (κ2) is 10.9. The van der Waals surface area contributed by atoms with E-state index in [4.69, 9.17) is 22.1 Å². The van der Waals surface area contributed by atoms with Gasteiger partial charge in [-0.05, 0) is 49.8 Å². The van der Waals surface area contributed by atoms with Crippen molar-refractivity contribution < 1.29 is 37.7 Å². The van der Waals surface area contributed by atoms with Crippen LogP contribution in [0.4, 0.5) is 29.7 Å². The summed E-state index contributed by atoms with van der Waals surface area (Å²) in [5.74, 6) is -2.02. The lowest BCUT2D eigenvalue weighted by atomic mass is 9.76. The van der Waals surface area contributed by atoms with Gasteiger partial charge >= 0.3 is 6.18 Å². The number of hydrogen-bond acceptors (Lipinski definition) is 10. The Balaban J connectivity index is 1.39. The Kier molecular flexibility index (Phi) is 7.55. The number of aliphatic carboxylic acids is 1. The van der Waals surface area contributed by atoms with Crippen LogP contribution in [0.1, 0.15) is 36.6 Å². The zero-order valence-corrected chi connectivity index (χ0v) is 22.9. The van der Waals surface area contributed by atoms with Crippen molar-refractivity contribution in [3.63, 3.8) is 0 Å². The predicted molar refractivity (Wildman–Crippen MR) is 139 cm³/mol. The SMILES string of the molecule is Cc1ccn(-c2cc(Cl)ccc2[C@@H](Oc2cc(N3CCC4(CC3)CC(C(=O)[O-])N(C(=O)[O-])C4)nc(N)n2)C(F)(F)F)n1. The van der Waals surface area contributed by atoms with E-state index in [1.54, 1.807) is 17.9 Å². The van der Waals surface area contributed by atoms with Crippen molar-refractivity contribution in [2.45, 2.75) is 44.5 Å². The number of carbonyl (C=O) groups excluding carboxylic acids is 2. The van der Waals surface area contributed by atoms with Gasteiger partial charge in [0.1, 0.15) is 11.9 Å². The maximum absolute atomic E-state index is 14.4. The number of ether oxygens (including phenoxy) is 1. The molecule has 224 valence electrons. The van der Waals surface area contributed by atoms with Crippen LogP contribution in [-0.4, -0.2) is 68.6 Å². The summed E-state index contributed by atoms with van der Waals surface area (Å²) in [7, 11) is 0. The molecule has 2 aliphatic heterocycles. The van der Waals surface area contributed by atoms with Crippen LogP contribution >= 0.6 is 11.6 Å². The predicted octanol–water partition coefficient (Wildman–Crippen LogP) is 1.64. The molecular formula is C26H25ClF3N7O5-2. The number of aryl methyl sites for hydroxylation is 1. The molecule has 2 saturated heterocycles. The normalized spacial score (nSPS) is 19.2. The number of nitrogen functional groups attached to an aromatic ring is 1. The first-order valence-electron chi connectivity index (χ1n) is 12.9. The number of carboxylic acids is 1. The third-order valence-electron chi connectivity index (χ3n) is 7.65. The minimum atomic E-state index is -4.87. The largest absolute Gasteiger partial charge is 0.548 e. The number of halogens is 4. The fraction of sp³-hybridized carbons (Fsp3) is 0.423. The lowest BCUT2D eigenvalue weighted by molar-refractivity contribution is -0.314. The average Bonchev–Trinajstić information content (AvgIpc) is 3.51. The number of aromatic nitrogens is 4. The van der Waals surface area contributed by atoms with Crippen LogP contribution in [0.15, 0.2) is 36.5 Å². The van der Waals surface area contributed by atoms with Crippen molar-refractivity contribution in [1.82, 2.24) is 24.6 Å². The van der Waals surface area contributed by atoms with Crippen molar-refractivity contribution in [1.29, 1.82) is 0 Å². The molecule has 1 aromatic carbocycles. The highest BCUT2D eigenvalue weighted by atomic mass is 35.5. The second-order valence-electron chi connectivity index (χ2n) is 10.5. The number of rotatable bonds is 6. The zero-order chi connectivity index (χ0) is 30.4. The smallest absolute Gasteiger partial charge is 0.429 e. The van der Waals surface area contributed by atoms with Gasteiger partial charge in [-0.25, -0.2) is 4.68 Å². The molecule has 0 saturated carbocycles. The molecule has 3 aromatic rings. The Morgan fingerprint density at radius 2 is 1.88 bits per heavy atom. The molecule has 2 fully saturated rings. The topological polar surface area (TPSA) is 166 Å². The molecule has 1 amide bonds. The summed E-state index contributed by atoms with van der Waals surface area (Å²) in [5, 5.41) is 27.4. The number of piperidine rings is 1. The molecule has 0 aliphatic carbocycles. The van der Waals surface area contributed by atoms with E-state index < -0.39 is 41.7 Å². The highest BCUT2D eigenvalue weighted by Crippen LogP contribution is 2.44. The lowest BCUT2D eigenvalue weighted by Gasteiger charge is -2.40. The Bertz CT molecular complexity index is 1490. The summed E-state index contributed by atoms with van der Waals surface area (Å²) in [6.45, 7) is 2.28. The quantitative estimate of drug-likeness (QED) is 0.435. The van der Waals surface area contributed by atoms with Gasteiger partial charge in [-0.2, -0.15) is 28.2 Å².